The zero-order valence-corrected chi connectivity index (χ0v) is 19.8. The largest absolute Gasteiger partial charge is 0.495 e. The number of methoxy groups -OCH3 is 1. The fraction of sp³-hybridized carbons (Fsp3) is 0.440. The van der Waals surface area contributed by atoms with Crippen molar-refractivity contribution in [2.24, 2.45) is 5.92 Å². The first-order valence-corrected chi connectivity index (χ1v) is 11.8. The second kappa shape index (κ2) is 8.13. The van der Waals surface area contributed by atoms with E-state index in [2.05, 4.69) is 12.2 Å². The van der Waals surface area contributed by atoms with Crippen molar-refractivity contribution < 1.29 is 18.7 Å². The molecule has 174 valence electrons. The average molecular weight is 470 g/mol. The molecule has 3 heterocycles. The van der Waals surface area contributed by atoms with Crippen molar-refractivity contribution in [3.8, 4) is 5.75 Å². The molecule has 0 unspecified atom stereocenters. The van der Waals surface area contributed by atoms with E-state index >= 15 is 0 Å². The number of rotatable bonds is 4. The summed E-state index contributed by atoms with van der Waals surface area (Å²) < 4.78 is 12.7. The van der Waals surface area contributed by atoms with Crippen LogP contribution in [-0.2, 0) is 11.3 Å². The Bertz CT molecular complexity index is 1230. The van der Waals surface area contributed by atoms with Crippen molar-refractivity contribution in [3.63, 3.8) is 0 Å². The normalized spacial score (nSPS) is 25.2. The van der Waals surface area contributed by atoms with E-state index in [9.17, 15) is 9.59 Å². The molecule has 33 heavy (non-hydrogen) atoms. The topological polar surface area (TPSA) is 76.7 Å². The Hall–Kier alpha value is -2.93. The van der Waals surface area contributed by atoms with Gasteiger partial charge in [0.05, 0.1) is 30.5 Å². The molecule has 0 spiro atoms. The van der Waals surface area contributed by atoms with Gasteiger partial charge in [0.1, 0.15) is 17.0 Å². The van der Waals surface area contributed by atoms with Gasteiger partial charge in [-0.15, -0.1) is 0 Å². The molecule has 0 saturated heterocycles. The molecule has 1 aromatic carbocycles. The Morgan fingerprint density at radius 1 is 1.24 bits per heavy atom. The Balaban J connectivity index is 1.60. The fourth-order valence-electron chi connectivity index (χ4n) is 5.27. The Labute approximate surface area is 197 Å². The predicted octanol–water partition coefficient (Wildman–Crippen LogP) is 5.01. The minimum atomic E-state index is -1.16. The summed E-state index contributed by atoms with van der Waals surface area (Å²) in [5.41, 5.74) is 1.28. The first-order valence-electron chi connectivity index (χ1n) is 11.4. The molecule has 3 aromatic rings. The van der Waals surface area contributed by atoms with Crippen LogP contribution in [0.25, 0.3) is 11.1 Å². The van der Waals surface area contributed by atoms with Crippen LogP contribution in [-0.4, -0.2) is 35.1 Å². The molecule has 0 radical (unpaired) electrons. The van der Waals surface area contributed by atoms with Crippen LogP contribution in [0.1, 0.15) is 50.0 Å². The maximum Gasteiger partial charge on any atom is 0.276 e. The van der Waals surface area contributed by atoms with Crippen LogP contribution < -0.4 is 15.0 Å². The fourth-order valence-corrected chi connectivity index (χ4v) is 5.52. The van der Waals surface area contributed by atoms with Crippen molar-refractivity contribution >= 4 is 40.2 Å². The van der Waals surface area contributed by atoms with Gasteiger partial charge in [-0.3, -0.25) is 14.5 Å². The third-order valence-corrected chi connectivity index (χ3v) is 7.51. The average Bonchev–Trinajstić information content (AvgIpc) is 3.38. The van der Waals surface area contributed by atoms with Gasteiger partial charge >= 0.3 is 0 Å². The van der Waals surface area contributed by atoms with E-state index in [4.69, 9.17) is 20.8 Å². The van der Waals surface area contributed by atoms with E-state index in [0.717, 1.165) is 24.8 Å². The smallest absolute Gasteiger partial charge is 0.276 e. The van der Waals surface area contributed by atoms with Crippen molar-refractivity contribution in [1.29, 1.82) is 0 Å². The van der Waals surface area contributed by atoms with Gasteiger partial charge in [-0.25, -0.2) is 0 Å². The summed E-state index contributed by atoms with van der Waals surface area (Å²) in [6.07, 6.45) is 5.92. The monoisotopic (exact) mass is 469 g/mol. The van der Waals surface area contributed by atoms with Crippen LogP contribution in [0.5, 0.6) is 5.75 Å². The number of halogens is 1. The maximum atomic E-state index is 13.9. The van der Waals surface area contributed by atoms with E-state index in [0.29, 0.717) is 40.2 Å². The van der Waals surface area contributed by atoms with E-state index < -0.39 is 5.54 Å². The SMILES string of the molecule is COc1ccc(N2C(=O)c3cc4occc4n3C[C@]2(C)C(=O)N[C@H]2CCCC[C@@H]2C)cc1Cl. The van der Waals surface area contributed by atoms with Crippen LogP contribution in [0.3, 0.4) is 0 Å². The second-order valence-corrected chi connectivity index (χ2v) is 9.77. The van der Waals surface area contributed by atoms with Crippen LogP contribution in [0.4, 0.5) is 5.69 Å². The van der Waals surface area contributed by atoms with Crippen molar-refractivity contribution in [2.45, 2.75) is 57.7 Å². The van der Waals surface area contributed by atoms with E-state index in [1.165, 1.54) is 13.5 Å². The lowest BCUT2D eigenvalue weighted by molar-refractivity contribution is -0.127. The molecule has 1 fully saturated rings. The van der Waals surface area contributed by atoms with E-state index in [1.807, 2.05) is 17.6 Å². The highest BCUT2D eigenvalue weighted by molar-refractivity contribution is 6.32. The molecule has 2 aromatic heterocycles. The predicted molar refractivity (Wildman–Crippen MR) is 127 cm³/mol. The Kier molecular flexibility index (Phi) is 5.40. The lowest BCUT2D eigenvalue weighted by atomic mass is 9.84. The molecule has 5 rings (SSSR count). The first kappa shape index (κ1) is 21.9. The van der Waals surface area contributed by atoms with Crippen LogP contribution >= 0.6 is 11.6 Å². The zero-order valence-electron chi connectivity index (χ0n) is 19.1. The molecule has 1 aliphatic carbocycles. The van der Waals surface area contributed by atoms with E-state index in [-0.39, 0.29) is 17.9 Å². The number of furan rings is 1. The summed E-state index contributed by atoms with van der Waals surface area (Å²) in [4.78, 5) is 29.3. The Morgan fingerprint density at radius 3 is 2.76 bits per heavy atom. The van der Waals surface area contributed by atoms with Crippen molar-refractivity contribution in [1.82, 2.24) is 9.88 Å². The number of carbonyl (C=O) groups excluding carboxylic acids is 2. The molecule has 1 N–H and O–H groups in total. The first-order chi connectivity index (χ1) is 15.8. The van der Waals surface area contributed by atoms with Gasteiger partial charge in [-0.2, -0.15) is 0 Å². The van der Waals surface area contributed by atoms with Gasteiger partial charge in [-0.05, 0) is 43.9 Å². The number of aromatic nitrogens is 1. The highest BCUT2D eigenvalue weighted by Crippen LogP contribution is 2.39. The van der Waals surface area contributed by atoms with Gasteiger partial charge in [0.2, 0.25) is 5.91 Å². The summed E-state index contributed by atoms with van der Waals surface area (Å²) >= 11 is 6.41. The molecule has 2 amide bonds. The van der Waals surface area contributed by atoms with Crippen molar-refractivity contribution in [3.05, 3.63) is 47.3 Å². The highest BCUT2D eigenvalue weighted by atomic mass is 35.5. The molecule has 3 atom stereocenters. The van der Waals surface area contributed by atoms with Gasteiger partial charge in [-0.1, -0.05) is 31.4 Å². The molecule has 2 aliphatic rings. The summed E-state index contributed by atoms with van der Waals surface area (Å²) in [5, 5.41) is 3.65. The number of nitrogens with zero attached hydrogens (tertiary/aromatic N) is 2. The third kappa shape index (κ3) is 3.50. The van der Waals surface area contributed by atoms with Gasteiger partial charge in [0, 0.05) is 23.9 Å². The number of fused-ring (bicyclic) bond motifs is 3. The molecule has 1 saturated carbocycles. The molecule has 8 heteroatoms. The van der Waals surface area contributed by atoms with Gasteiger partial charge in [0.15, 0.2) is 5.58 Å². The minimum Gasteiger partial charge on any atom is -0.495 e. The number of carbonyl (C=O) groups is 2. The molecule has 1 aliphatic heterocycles. The minimum absolute atomic E-state index is 0.0967. The number of benzene rings is 1. The summed E-state index contributed by atoms with van der Waals surface area (Å²) in [5.74, 6) is 0.464. The third-order valence-electron chi connectivity index (χ3n) is 7.22. The summed E-state index contributed by atoms with van der Waals surface area (Å²) in [7, 11) is 1.54. The van der Waals surface area contributed by atoms with Gasteiger partial charge < -0.3 is 19.0 Å². The Morgan fingerprint density at radius 2 is 2.03 bits per heavy atom. The highest BCUT2D eigenvalue weighted by Gasteiger charge is 2.49. The zero-order chi connectivity index (χ0) is 23.3. The summed E-state index contributed by atoms with van der Waals surface area (Å²) in [6, 6.07) is 8.81. The van der Waals surface area contributed by atoms with Crippen molar-refractivity contribution in [2.75, 3.05) is 12.0 Å². The molecule has 0 bridgehead atoms. The lowest BCUT2D eigenvalue weighted by Crippen LogP contribution is -2.65. The number of anilines is 1. The van der Waals surface area contributed by atoms with Crippen LogP contribution in [0.15, 0.2) is 41.0 Å². The number of hydrogen-bond acceptors (Lipinski definition) is 4. The number of nitrogens with one attached hydrogen (secondary N) is 1. The molecular formula is C25H28ClN3O4. The number of hydrogen-bond donors (Lipinski definition) is 1. The second-order valence-electron chi connectivity index (χ2n) is 9.36. The lowest BCUT2D eigenvalue weighted by Gasteiger charge is -2.45. The maximum absolute atomic E-state index is 13.9. The standard InChI is InChI=1S/C25H28ClN3O4/c1-15-6-4-5-7-18(15)27-24(31)25(2)14-28-19-10-11-33-22(19)13-20(28)23(30)29(25)16-8-9-21(32-3)17(26)12-16/h8-13,15,18H,4-7,14H2,1-3H3,(H,27,31)/t15-,18-,25+/m0/s1. The van der Waals surface area contributed by atoms with E-state index in [1.54, 1.807) is 35.4 Å². The quantitative estimate of drug-likeness (QED) is 0.582. The number of ether oxygens (including phenoxy) is 1. The molecular weight excluding hydrogens is 442 g/mol. The van der Waals surface area contributed by atoms with Crippen LogP contribution in [0.2, 0.25) is 5.02 Å². The molecule has 7 nitrogen and oxygen atoms in total. The van der Waals surface area contributed by atoms with Gasteiger partial charge in [0.25, 0.3) is 5.91 Å². The summed E-state index contributed by atoms with van der Waals surface area (Å²) in [6.45, 7) is 4.30. The van der Waals surface area contributed by atoms with Crippen LogP contribution in [0, 0.1) is 5.92 Å². The number of amides is 2.